The number of carbonyl (C=O) groups is 1. The van der Waals surface area contributed by atoms with E-state index in [1.54, 1.807) is 11.3 Å². The number of rotatable bonds is 7. The van der Waals surface area contributed by atoms with E-state index in [1.807, 2.05) is 12.1 Å². The van der Waals surface area contributed by atoms with Crippen molar-refractivity contribution in [2.45, 2.75) is 25.7 Å². The van der Waals surface area contributed by atoms with Crippen LogP contribution in [0.4, 0.5) is 0 Å². The summed E-state index contributed by atoms with van der Waals surface area (Å²) in [6.45, 7) is 0.707. The Bertz CT molecular complexity index is 793. The first-order valence-corrected chi connectivity index (χ1v) is 9.39. The minimum atomic E-state index is 0.139. The summed E-state index contributed by atoms with van der Waals surface area (Å²) in [4.78, 5) is 16.5. The molecule has 0 aliphatic heterocycles. The molecule has 0 atom stereocenters. The standard InChI is InChI=1S/C18H19BrN2OS/c19-17-9-8-14(23-17)10-11-20-18(22)7-3-4-13-12-21-16-6-2-1-5-15(13)16/h1-2,5-6,8-9,12,21H,3-4,7,10-11H2,(H,20,22). The van der Waals surface area contributed by atoms with Gasteiger partial charge in [0.25, 0.3) is 0 Å². The number of aromatic amines is 1. The van der Waals surface area contributed by atoms with Crippen LogP contribution in [0.25, 0.3) is 10.9 Å². The van der Waals surface area contributed by atoms with E-state index in [-0.39, 0.29) is 5.91 Å². The van der Waals surface area contributed by atoms with Gasteiger partial charge in [-0.3, -0.25) is 4.79 Å². The third-order valence-electron chi connectivity index (χ3n) is 3.85. The highest BCUT2D eigenvalue weighted by molar-refractivity contribution is 9.11. The number of hydrogen-bond acceptors (Lipinski definition) is 2. The van der Waals surface area contributed by atoms with Crippen LogP contribution in [0, 0.1) is 0 Å². The smallest absolute Gasteiger partial charge is 0.220 e. The van der Waals surface area contributed by atoms with Crippen LogP contribution in [0.3, 0.4) is 0 Å². The zero-order valence-electron chi connectivity index (χ0n) is 12.8. The van der Waals surface area contributed by atoms with Crippen molar-refractivity contribution in [1.29, 1.82) is 0 Å². The molecule has 0 spiro atoms. The molecule has 0 saturated heterocycles. The van der Waals surface area contributed by atoms with Gasteiger partial charge in [0.05, 0.1) is 3.79 Å². The van der Waals surface area contributed by atoms with Gasteiger partial charge in [0.15, 0.2) is 0 Å². The number of para-hydroxylation sites is 1. The van der Waals surface area contributed by atoms with Crippen LogP contribution in [-0.2, 0) is 17.6 Å². The number of thiophene rings is 1. The molecule has 2 aromatic heterocycles. The lowest BCUT2D eigenvalue weighted by molar-refractivity contribution is -0.121. The third-order valence-corrected chi connectivity index (χ3v) is 5.53. The van der Waals surface area contributed by atoms with Crippen molar-refractivity contribution in [2.24, 2.45) is 0 Å². The van der Waals surface area contributed by atoms with E-state index in [1.165, 1.54) is 15.8 Å². The van der Waals surface area contributed by atoms with E-state index in [4.69, 9.17) is 0 Å². The third kappa shape index (κ3) is 4.45. The van der Waals surface area contributed by atoms with Crippen LogP contribution in [-0.4, -0.2) is 17.4 Å². The van der Waals surface area contributed by atoms with Gasteiger partial charge in [-0.2, -0.15) is 0 Å². The van der Waals surface area contributed by atoms with Gasteiger partial charge in [-0.25, -0.2) is 0 Å². The molecule has 2 heterocycles. The molecule has 0 radical (unpaired) electrons. The molecule has 3 nitrogen and oxygen atoms in total. The van der Waals surface area contributed by atoms with Crippen molar-refractivity contribution in [3.63, 3.8) is 0 Å². The normalized spacial score (nSPS) is 11.0. The first-order chi connectivity index (χ1) is 11.2. The van der Waals surface area contributed by atoms with Crippen molar-refractivity contribution in [1.82, 2.24) is 10.3 Å². The minimum Gasteiger partial charge on any atom is -0.361 e. The SMILES string of the molecule is O=C(CCCc1c[nH]c2ccccc12)NCCc1ccc(Br)s1. The van der Waals surface area contributed by atoms with Crippen LogP contribution in [0.1, 0.15) is 23.3 Å². The minimum absolute atomic E-state index is 0.139. The summed E-state index contributed by atoms with van der Waals surface area (Å²) < 4.78 is 1.14. The highest BCUT2D eigenvalue weighted by atomic mass is 79.9. The maximum Gasteiger partial charge on any atom is 0.220 e. The Hall–Kier alpha value is -1.59. The summed E-state index contributed by atoms with van der Waals surface area (Å²) in [6.07, 6.45) is 5.32. The lowest BCUT2D eigenvalue weighted by atomic mass is 10.1. The maximum atomic E-state index is 11.9. The largest absolute Gasteiger partial charge is 0.361 e. The summed E-state index contributed by atoms with van der Waals surface area (Å²) in [5.74, 6) is 0.139. The molecular formula is C18H19BrN2OS. The molecule has 0 bridgehead atoms. The first-order valence-electron chi connectivity index (χ1n) is 7.78. The number of H-pyrrole nitrogens is 1. The predicted octanol–water partition coefficient (Wildman–Crippen LogP) is 4.67. The fourth-order valence-electron chi connectivity index (χ4n) is 2.68. The number of nitrogens with one attached hydrogen (secondary N) is 2. The average Bonchev–Trinajstić information content (AvgIpc) is 3.14. The topological polar surface area (TPSA) is 44.9 Å². The van der Waals surface area contributed by atoms with E-state index >= 15 is 0 Å². The van der Waals surface area contributed by atoms with E-state index in [0.717, 1.165) is 28.6 Å². The number of fused-ring (bicyclic) bond motifs is 1. The zero-order chi connectivity index (χ0) is 16.1. The zero-order valence-corrected chi connectivity index (χ0v) is 15.2. The maximum absolute atomic E-state index is 11.9. The van der Waals surface area contributed by atoms with Gasteiger partial charge in [-0.15, -0.1) is 11.3 Å². The molecule has 0 aliphatic carbocycles. The molecule has 2 N–H and O–H groups in total. The fraction of sp³-hybridized carbons (Fsp3) is 0.278. The molecule has 3 rings (SSSR count). The number of halogens is 1. The number of aryl methyl sites for hydroxylation is 1. The van der Waals surface area contributed by atoms with Crippen LogP contribution in [0.5, 0.6) is 0 Å². The monoisotopic (exact) mass is 390 g/mol. The van der Waals surface area contributed by atoms with Crippen LogP contribution < -0.4 is 5.32 Å². The van der Waals surface area contributed by atoms with Crippen molar-refractivity contribution < 1.29 is 4.79 Å². The molecule has 0 fully saturated rings. The average molecular weight is 391 g/mol. The summed E-state index contributed by atoms with van der Waals surface area (Å²) in [6, 6.07) is 12.4. The number of aromatic nitrogens is 1. The lowest BCUT2D eigenvalue weighted by Gasteiger charge is -2.04. The fourth-order valence-corrected chi connectivity index (χ4v) is 4.16. The van der Waals surface area contributed by atoms with Crippen LogP contribution >= 0.6 is 27.3 Å². The molecule has 1 amide bonds. The molecule has 23 heavy (non-hydrogen) atoms. The second-order valence-electron chi connectivity index (χ2n) is 5.52. The van der Waals surface area contributed by atoms with Gasteiger partial charge < -0.3 is 10.3 Å². The second kappa shape index (κ2) is 7.79. The molecule has 3 aromatic rings. The number of hydrogen-bond donors (Lipinski definition) is 2. The Morgan fingerprint density at radius 2 is 2.04 bits per heavy atom. The van der Waals surface area contributed by atoms with Crippen LogP contribution in [0.15, 0.2) is 46.4 Å². The summed E-state index contributed by atoms with van der Waals surface area (Å²) >= 11 is 5.17. The Morgan fingerprint density at radius 1 is 1.17 bits per heavy atom. The van der Waals surface area contributed by atoms with Gasteiger partial charge >= 0.3 is 0 Å². The highest BCUT2D eigenvalue weighted by Gasteiger charge is 2.05. The molecule has 120 valence electrons. The second-order valence-corrected chi connectivity index (χ2v) is 8.07. The van der Waals surface area contributed by atoms with E-state index < -0.39 is 0 Å². The molecule has 5 heteroatoms. The van der Waals surface area contributed by atoms with Crippen LogP contribution in [0.2, 0.25) is 0 Å². The lowest BCUT2D eigenvalue weighted by Crippen LogP contribution is -2.25. The van der Waals surface area contributed by atoms with E-state index in [0.29, 0.717) is 13.0 Å². The molecular weight excluding hydrogens is 372 g/mol. The molecule has 1 aromatic carbocycles. The number of amides is 1. The number of carbonyl (C=O) groups excluding carboxylic acids is 1. The Morgan fingerprint density at radius 3 is 2.87 bits per heavy atom. The predicted molar refractivity (Wildman–Crippen MR) is 100.0 cm³/mol. The van der Waals surface area contributed by atoms with Crippen molar-refractivity contribution in [3.05, 3.63) is 56.8 Å². The number of benzene rings is 1. The van der Waals surface area contributed by atoms with E-state index in [2.05, 4.69) is 56.7 Å². The van der Waals surface area contributed by atoms with Crippen molar-refractivity contribution >= 4 is 44.1 Å². The molecule has 0 saturated carbocycles. The van der Waals surface area contributed by atoms with Gasteiger partial charge in [0.2, 0.25) is 5.91 Å². The Balaban J connectivity index is 1.39. The van der Waals surface area contributed by atoms with Crippen molar-refractivity contribution in [2.75, 3.05) is 6.54 Å². The summed E-state index contributed by atoms with van der Waals surface area (Å²) in [5.41, 5.74) is 2.45. The highest BCUT2D eigenvalue weighted by Crippen LogP contribution is 2.22. The quantitative estimate of drug-likeness (QED) is 0.604. The molecule has 0 aliphatic rings. The first kappa shape index (κ1) is 16.3. The summed E-state index contributed by atoms with van der Waals surface area (Å²) in [5, 5.41) is 4.26. The van der Waals surface area contributed by atoms with E-state index in [9.17, 15) is 4.79 Å². The molecule has 0 unspecified atom stereocenters. The van der Waals surface area contributed by atoms with Gasteiger partial charge in [-0.05, 0) is 59.0 Å². The van der Waals surface area contributed by atoms with Crippen molar-refractivity contribution in [3.8, 4) is 0 Å². The van der Waals surface area contributed by atoms with Gasteiger partial charge in [-0.1, -0.05) is 18.2 Å². The Kier molecular flexibility index (Phi) is 5.51. The Labute approximate surface area is 148 Å². The van der Waals surface area contributed by atoms with Gasteiger partial charge in [0, 0.05) is 34.9 Å². The van der Waals surface area contributed by atoms with Gasteiger partial charge in [0.1, 0.15) is 0 Å². The summed E-state index contributed by atoms with van der Waals surface area (Å²) in [7, 11) is 0.